The number of carbonyl (C=O) groups excluding carboxylic acids is 1. The number of aromatic nitrogens is 4. The smallest absolute Gasteiger partial charge is 0.305 e. The first-order valence-corrected chi connectivity index (χ1v) is 7.95. The van der Waals surface area contributed by atoms with E-state index in [-0.39, 0.29) is 30.5 Å². The topological polar surface area (TPSA) is 155 Å². The summed E-state index contributed by atoms with van der Waals surface area (Å²) in [4.78, 5) is 23.7. The van der Waals surface area contributed by atoms with Crippen molar-refractivity contribution in [2.24, 2.45) is 0 Å². The predicted octanol–water partition coefficient (Wildman–Crippen LogP) is -0.620. The SMILES string of the molecule is [2H]C(C)CC(=O)OC[C@H]1OC(n2cnc3c(OC)nc(N)nc32)[C@@H](O)[C@@H]1O. The lowest BCUT2D eigenvalue weighted by Gasteiger charge is -2.16. The van der Waals surface area contributed by atoms with E-state index in [0.717, 1.165) is 0 Å². The molecule has 5 atom stereocenters. The maximum absolute atomic E-state index is 11.6. The highest BCUT2D eigenvalue weighted by molar-refractivity contribution is 5.77. The van der Waals surface area contributed by atoms with Crippen LogP contribution in [0.4, 0.5) is 5.95 Å². The summed E-state index contributed by atoms with van der Waals surface area (Å²) in [6, 6.07) is 0. The fraction of sp³-hybridized carbons (Fsp3) is 0.600. The van der Waals surface area contributed by atoms with Crippen molar-refractivity contribution in [3.05, 3.63) is 6.33 Å². The van der Waals surface area contributed by atoms with E-state index in [9.17, 15) is 15.0 Å². The minimum Gasteiger partial charge on any atom is -0.479 e. The van der Waals surface area contributed by atoms with Crippen LogP contribution < -0.4 is 10.5 Å². The summed E-state index contributed by atoms with van der Waals surface area (Å²) >= 11 is 0. The van der Waals surface area contributed by atoms with Gasteiger partial charge in [0.05, 0.1) is 13.4 Å². The van der Waals surface area contributed by atoms with Gasteiger partial charge in [-0.15, -0.1) is 0 Å². The highest BCUT2D eigenvalue weighted by atomic mass is 16.6. The van der Waals surface area contributed by atoms with Crippen LogP contribution in [0.25, 0.3) is 11.2 Å². The monoisotopic (exact) mass is 368 g/mol. The summed E-state index contributed by atoms with van der Waals surface area (Å²) < 4.78 is 24.6. The molecule has 0 bridgehead atoms. The molecule has 3 heterocycles. The number of hydrogen-bond donors (Lipinski definition) is 3. The molecule has 142 valence electrons. The molecule has 1 aliphatic heterocycles. The molecule has 1 aliphatic rings. The summed E-state index contributed by atoms with van der Waals surface area (Å²) in [5.41, 5.74) is 6.24. The fourth-order valence-corrected chi connectivity index (χ4v) is 2.73. The van der Waals surface area contributed by atoms with Gasteiger partial charge in [0, 0.05) is 7.79 Å². The number of aliphatic hydroxyl groups excluding tert-OH is 2. The number of hydrogen-bond acceptors (Lipinski definition) is 10. The highest BCUT2D eigenvalue weighted by Crippen LogP contribution is 2.33. The quantitative estimate of drug-likeness (QED) is 0.562. The Morgan fingerprint density at radius 1 is 1.46 bits per heavy atom. The van der Waals surface area contributed by atoms with Gasteiger partial charge < -0.3 is 30.2 Å². The molecular formula is C15H21N5O6. The molecule has 0 radical (unpaired) electrons. The largest absolute Gasteiger partial charge is 0.479 e. The van der Waals surface area contributed by atoms with E-state index in [1.807, 2.05) is 0 Å². The van der Waals surface area contributed by atoms with Crippen LogP contribution in [0.1, 0.15) is 27.3 Å². The van der Waals surface area contributed by atoms with Gasteiger partial charge in [0.15, 0.2) is 17.4 Å². The first kappa shape index (κ1) is 16.9. The normalized spacial score (nSPS) is 27.3. The van der Waals surface area contributed by atoms with Crippen molar-refractivity contribution in [2.45, 2.75) is 44.3 Å². The van der Waals surface area contributed by atoms with Crippen LogP contribution in [-0.4, -0.2) is 67.7 Å². The molecule has 0 aromatic carbocycles. The second kappa shape index (κ2) is 7.40. The zero-order valence-electron chi connectivity index (χ0n) is 15.3. The Hall–Kier alpha value is -2.50. The Kier molecular flexibility index (Phi) is 4.82. The van der Waals surface area contributed by atoms with Crippen molar-refractivity contribution in [1.82, 2.24) is 19.5 Å². The second-order valence-electron chi connectivity index (χ2n) is 5.76. The number of rotatable bonds is 6. The number of nitrogen functional groups attached to an aromatic ring is 1. The lowest BCUT2D eigenvalue weighted by molar-refractivity contribution is -0.150. The highest BCUT2D eigenvalue weighted by Gasteiger charge is 2.45. The maximum Gasteiger partial charge on any atom is 0.305 e. The summed E-state index contributed by atoms with van der Waals surface area (Å²) in [6.45, 7) is 1.31. The number of nitrogens with zero attached hydrogens (tertiary/aromatic N) is 4. The Bertz CT molecular complexity index is 830. The van der Waals surface area contributed by atoms with E-state index in [4.69, 9.17) is 21.3 Å². The third-order valence-corrected chi connectivity index (χ3v) is 3.99. The van der Waals surface area contributed by atoms with E-state index in [0.29, 0.717) is 5.52 Å². The third-order valence-electron chi connectivity index (χ3n) is 3.99. The number of nitrogens with two attached hydrogens (primary N) is 1. The van der Waals surface area contributed by atoms with Crippen LogP contribution in [-0.2, 0) is 14.3 Å². The van der Waals surface area contributed by atoms with Crippen molar-refractivity contribution >= 4 is 23.1 Å². The zero-order valence-corrected chi connectivity index (χ0v) is 14.3. The average molecular weight is 368 g/mol. The van der Waals surface area contributed by atoms with Gasteiger partial charge >= 0.3 is 5.97 Å². The predicted molar refractivity (Wildman–Crippen MR) is 88.1 cm³/mol. The number of imidazole rings is 1. The van der Waals surface area contributed by atoms with Gasteiger partial charge in [0.25, 0.3) is 0 Å². The summed E-state index contributed by atoms with van der Waals surface area (Å²) in [7, 11) is 1.41. The van der Waals surface area contributed by atoms with E-state index in [1.54, 1.807) is 6.92 Å². The zero-order chi connectivity index (χ0) is 19.7. The number of esters is 1. The maximum atomic E-state index is 11.6. The number of fused-ring (bicyclic) bond motifs is 1. The van der Waals surface area contributed by atoms with Crippen molar-refractivity contribution in [2.75, 3.05) is 19.5 Å². The van der Waals surface area contributed by atoms with Gasteiger partial charge in [-0.2, -0.15) is 9.97 Å². The molecule has 0 aliphatic carbocycles. The van der Waals surface area contributed by atoms with Crippen LogP contribution in [0.3, 0.4) is 0 Å². The van der Waals surface area contributed by atoms with Crippen molar-refractivity contribution < 1.29 is 30.6 Å². The molecule has 0 saturated carbocycles. The molecule has 11 heteroatoms. The number of anilines is 1. The first-order chi connectivity index (χ1) is 12.8. The van der Waals surface area contributed by atoms with E-state index >= 15 is 0 Å². The molecule has 4 N–H and O–H groups in total. The Morgan fingerprint density at radius 2 is 2.23 bits per heavy atom. The van der Waals surface area contributed by atoms with E-state index in [1.165, 1.54) is 18.0 Å². The van der Waals surface area contributed by atoms with Crippen LogP contribution in [0.2, 0.25) is 0 Å². The summed E-state index contributed by atoms with van der Waals surface area (Å²) in [6.07, 6.45) is -3.90. The Labute approximate surface area is 150 Å². The molecule has 1 saturated heterocycles. The number of ether oxygens (including phenoxy) is 3. The van der Waals surface area contributed by atoms with Gasteiger partial charge in [0.1, 0.15) is 24.9 Å². The molecule has 3 rings (SSSR count). The molecule has 0 spiro atoms. The standard InChI is InChI=1S/C15H21N5O6/c1-3-4-8(21)25-5-7-10(22)11(23)14(26-7)20-6-17-9-12(20)18-15(16)19-13(9)24-2/h6-7,10-11,14,22-23H,3-5H2,1-2H3,(H2,16,18,19)/t7-,10-,11+,14?/m1/s1/i3D/t3?,7-,10-,11+,14?. The molecule has 0 amide bonds. The Morgan fingerprint density at radius 3 is 2.92 bits per heavy atom. The molecule has 26 heavy (non-hydrogen) atoms. The van der Waals surface area contributed by atoms with Crippen LogP contribution in [0.15, 0.2) is 6.33 Å². The van der Waals surface area contributed by atoms with Crippen LogP contribution in [0, 0.1) is 0 Å². The minimum absolute atomic E-state index is 0.0517. The minimum atomic E-state index is -1.32. The molecule has 2 aromatic rings. The van der Waals surface area contributed by atoms with Crippen molar-refractivity contribution in [3.8, 4) is 5.88 Å². The van der Waals surface area contributed by atoms with Gasteiger partial charge in [-0.25, -0.2) is 4.98 Å². The second-order valence-corrected chi connectivity index (χ2v) is 5.76. The molecule has 2 unspecified atom stereocenters. The molecule has 1 fully saturated rings. The number of carbonyl (C=O) groups is 1. The van der Waals surface area contributed by atoms with Gasteiger partial charge in [0.2, 0.25) is 11.8 Å². The van der Waals surface area contributed by atoms with Crippen molar-refractivity contribution in [3.63, 3.8) is 0 Å². The number of aliphatic hydroxyl groups is 2. The van der Waals surface area contributed by atoms with Gasteiger partial charge in [-0.05, 0) is 6.40 Å². The molecule has 2 aromatic heterocycles. The average Bonchev–Trinajstić information content (AvgIpc) is 3.14. The van der Waals surface area contributed by atoms with Gasteiger partial charge in [-0.1, -0.05) is 6.92 Å². The fourth-order valence-electron chi connectivity index (χ4n) is 2.73. The first-order valence-electron chi connectivity index (χ1n) is 8.53. The van der Waals surface area contributed by atoms with E-state index < -0.39 is 36.9 Å². The van der Waals surface area contributed by atoms with Crippen LogP contribution in [0.5, 0.6) is 5.88 Å². The Balaban J connectivity index is 1.79. The van der Waals surface area contributed by atoms with Crippen molar-refractivity contribution in [1.29, 1.82) is 0 Å². The lowest BCUT2D eigenvalue weighted by Crippen LogP contribution is -2.34. The van der Waals surface area contributed by atoms with E-state index in [2.05, 4.69) is 15.0 Å². The summed E-state index contributed by atoms with van der Waals surface area (Å²) in [5, 5.41) is 20.6. The molecule has 11 nitrogen and oxygen atoms in total. The number of methoxy groups -OCH3 is 1. The van der Waals surface area contributed by atoms with Crippen LogP contribution >= 0.6 is 0 Å². The lowest BCUT2D eigenvalue weighted by atomic mass is 10.1. The molecular weight excluding hydrogens is 346 g/mol. The third kappa shape index (κ3) is 3.28. The summed E-state index contributed by atoms with van der Waals surface area (Å²) in [5.74, 6) is -0.465. The van der Waals surface area contributed by atoms with Gasteiger partial charge in [-0.3, -0.25) is 9.36 Å².